The normalized spacial score (nSPS) is 16.3. The largest absolute Gasteiger partial charge is 0.493 e. The van der Waals surface area contributed by atoms with Crippen LogP contribution in [0.1, 0.15) is 22.3 Å². The van der Waals surface area contributed by atoms with Gasteiger partial charge in [-0.2, -0.15) is 0 Å². The number of carbonyl (C=O) groups is 1. The molecule has 4 rings (SSSR count). The van der Waals surface area contributed by atoms with Gasteiger partial charge in [-0.05, 0) is 48.6 Å². The van der Waals surface area contributed by atoms with Gasteiger partial charge in [0.2, 0.25) is 0 Å². The number of hydrogen-bond acceptors (Lipinski definition) is 4. The van der Waals surface area contributed by atoms with Crippen molar-refractivity contribution in [2.75, 3.05) is 13.2 Å². The third-order valence-corrected chi connectivity index (χ3v) is 5.00. The Kier molecular flexibility index (Phi) is 4.62. The van der Waals surface area contributed by atoms with Gasteiger partial charge in [0.15, 0.2) is 0 Å². The summed E-state index contributed by atoms with van der Waals surface area (Å²) in [5, 5.41) is 3.52. The van der Waals surface area contributed by atoms with Crippen molar-refractivity contribution in [2.24, 2.45) is 13.0 Å². The maximum Gasteiger partial charge on any atom is 0.260 e. The Morgan fingerprint density at radius 3 is 3.04 bits per heavy atom. The van der Waals surface area contributed by atoms with Gasteiger partial charge in [0.1, 0.15) is 5.75 Å². The number of aryl methyl sites for hydroxylation is 1. The van der Waals surface area contributed by atoms with Crippen LogP contribution in [0.4, 0.5) is 0 Å². The van der Waals surface area contributed by atoms with Crippen LogP contribution in [0.2, 0.25) is 0 Å². The molecule has 0 fully saturated rings. The standard InChI is InChI=1S/C21H21N3O3/c1-24-13-23-18-11-16(6-7-17(18)21(24)26)20(25)22-12-14-8-9-27-19-5-3-2-4-15(19)10-14/h2-7,11,13-14H,8-10,12H2,1H3,(H,22,25)/t14-/m0/s1. The Morgan fingerprint density at radius 1 is 1.30 bits per heavy atom. The van der Waals surface area contributed by atoms with Crippen molar-refractivity contribution in [3.63, 3.8) is 0 Å². The highest BCUT2D eigenvalue weighted by Gasteiger charge is 2.18. The second-order valence-electron chi connectivity index (χ2n) is 6.92. The molecule has 0 saturated heterocycles. The van der Waals surface area contributed by atoms with Crippen LogP contribution in [-0.4, -0.2) is 28.6 Å². The van der Waals surface area contributed by atoms with Gasteiger partial charge in [0.25, 0.3) is 11.5 Å². The van der Waals surface area contributed by atoms with Crippen LogP contribution >= 0.6 is 0 Å². The molecular formula is C21H21N3O3. The smallest absolute Gasteiger partial charge is 0.260 e. The number of amides is 1. The number of para-hydroxylation sites is 1. The molecule has 1 N–H and O–H groups in total. The SMILES string of the molecule is Cn1cnc2cc(C(=O)NC[C@H]3CCOc4ccccc4C3)ccc2c1=O. The van der Waals surface area contributed by atoms with Crippen LogP contribution in [0.25, 0.3) is 10.9 Å². The maximum absolute atomic E-state index is 12.6. The fraction of sp³-hybridized carbons (Fsp3) is 0.286. The molecule has 1 amide bonds. The molecular weight excluding hydrogens is 342 g/mol. The van der Waals surface area contributed by atoms with E-state index in [0.717, 1.165) is 18.6 Å². The van der Waals surface area contributed by atoms with E-state index in [4.69, 9.17) is 4.74 Å². The summed E-state index contributed by atoms with van der Waals surface area (Å²) in [4.78, 5) is 28.9. The average Bonchev–Trinajstić information content (AvgIpc) is 2.90. The van der Waals surface area contributed by atoms with E-state index < -0.39 is 0 Å². The van der Waals surface area contributed by atoms with Crippen molar-refractivity contribution >= 4 is 16.8 Å². The molecule has 0 bridgehead atoms. The van der Waals surface area contributed by atoms with E-state index in [0.29, 0.717) is 35.5 Å². The van der Waals surface area contributed by atoms with Crippen molar-refractivity contribution in [3.8, 4) is 5.75 Å². The highest BCUT2D eigenvalue weighted by Crippen LogP contribution is 2.26. The van der Waals surface area contributed by atoms with Gasteiger partial charge in [0, 0.05) is 19.2 Å². The van der Waals surface area contributed by atoms with Crippen molar-refractivity contribution < 1.29 is 9.53 Å². The molecule has 1 aromatic heterocycles. The van der Waals surface area contributed by atoms with Gasteiger partial charge < -0.3 is 14.6 Å². The minimum Gasteiger partial charge on any atom is -0.493 e. The number of carbonyl (C=O) groups excluding carboxylic acids is 1. The van der Waals surface area contributed by atoms with Crippen LogP contribution in [0.5, 0.6) is 5.75 Å². The number of hydrogen-bond donors (Lipinski definition) is 1. The van der Waals surface area contributed by atoms with E-state index in [1.807, 2.05) is 18.2 Å². The molecule has 2 heterocycles. The second-order valence-corrected chi connectivity index (χ2v) is 6.92. The average molecular weight is 363 g/mol. The molecule has 0 spiro atoms. The van der Waals surface area contributed by atoms with Crippen LogP contribution in [0.15, 0.2) is 53.6 Å². The highest BCUT2D eigenvalue weighted by molar-refractivity contribution is 5.97. The Labute approximate surface area is 156 Å². The van der Waals surface area contributed by atoms with E-state index in [1.165, 1.54) is 16.5 Å². The Bertz CT molecular complexity index is 1060. The van der Waals surface area contributed by atoms with Crippen LogP contribution in [-0.2, 0) is 13.5 Å². The van der Waals surface area contributed by atoms with Gasteiger partial charge in [0.05, 0.1) is 23.8 Å². The van der Waals surface area contributed by atoms with E-state index in [-0.39, 0.29) is 11.5 Å². The van der Waals surface area contributed by atoms with Crippen molar-refractivity contribution in [3.05, 3.63) is 70.3 Å². The lowest BCUT2D eigenvalue weighted by Crippen LogP contribution is -2.30. The molecule has 0 radical (unpaired) electrons. The molecule has 2 aromatic carbocycles. The summed E-state index contributed by atoms with van der Waals surface area (Å²) in [6.45, 7) is 1.24. The molecule has 0 saturated carbocycles. The first-order valence-corrected chi connectivity index (χ1v) is 9.06. The third-order valence-electron chi connectivity index (χ3n) is 5.00. The first kappa shape index (κ1) is 17.3. The zero-order chi connectivity index (χ0) is 18.8. The van der Waals surface area contributed by atoms with Crippen LogP contribution in [0, 0.1) is 5.92 Å². The predicted octanol–water partition coefficient (Wildman–Crippen LogP) is 2.30. The lowest BCUT2D eigenvalue weighted by atomic mass is 9.97. The minimum absolute atomic E-state index is 0.121. The molecule has 6 nitrogen and oxygen atoms in total. The Hall–Kier alpha value is -3.15. The van der Waals surface area contributed by atoms with Gasteiger partial charge >= 0.3 is 0 Å². The van der Waals surface area contributed by atoms with E-state index in [2.05, 4.69) is 16.4 Å². The topological polar surface area (TPSA) is 73.2 Å². The fourth-order valence-electron chi connectivity index (χ4n) is 3.43. The first-order chi connectivity index (χ1) is 13.1. The number of ether oxygens (including phenoxy) is 1. The number of nitrogens with one attached hydrogen (secondary N) is 1. The first-order valence-electron chi connectivity index (χ1n) is 9.06. The molecule has 1 aliphatic heterocycles. The molecule has 1 aliphatic rings. The van der Waals surface area contributed by atoms with Gasteiger partial charge in [-0.25, -0.2) is 4.98 Å². The van der Waals surface area contributed by atoms with Gasteiger partial charge in [-0.15, -0.1) is 0 Å². The zero-order valence-corrected chi connectivity index (χ0v) is 15.1. The highest BCUT2D eigenvalue weighted by atomic mass is 16.5. The van der Waals surface area contributed by atoms with E-state index in [1.54, 1.807) is 25.2 Å². The quantitative estimate of drug-likeness (QED) is 0.775. The van der Waals surface area contributed by atoms with Crippen molar-refractivity contribution in [1.29, 1.82) is 0 Å². The van der Waals surface area contributed by atoms with Crippen molar-refractivity contribution in [2.45, 2.75) is 12.8 Å². The molecule has 138 valence electrons. The molecule has 0 aliphatic carbocycles. The summed E-state index contributed by atoms with van der Waals surface area (Å²) in [6, 6.07) is 13.0. The predicted molar refractivity (Wildman–Crippen MR) is 103 cm³/mol. The summed E-state index contributed by atoms with van der Waals surface area (Å²) in [7, 11) is 1.66. The second kappa shape index (κ2) is 7.23. The maximum atomic E-state index is 12.6. The Balaban J connectivity index is 1.46. The van der Waals surface area contributed by atoms with Crippen LogP contribution in [0.3, 0.4) is 0 Å². The monoisotopic (exact) mass is 363 g/mol. The van der Waals surface area contributed by atoms with Crippen LogP contribution < -0.4 is 15.6 Å². The molecule has 3 aromatic rings. The van der Waals surface area contributed by atoms with E-state index in [9.17, 15) is 9.59 Å². The molecule has 27 heavy (non-hydrogen) atoms. The summed E-state index contributed by atoms with van der Waals surface area (Å²) in [5.74, 6) is 1.11. The van der Waals surface area contributed by atoms with E-state index >= 15 is 0 Å². The van der Waals surface area contributed by atoms with Gasteiger partial charge in [-0.3, -0.25) is 9.59 Å². The number of nitrogens with zero attached hydrogens (tertiary/aromatic N) is 2. The lowest BCUT2D eigenvalue weighted by molar-refractivity contribution is 0.0945. The summed E-state index contributed by atoms with van der Waals surface area (Å²) in [6.07, 6.45) is 3.24. The summed E-state index contributed by atoms with van der Waals surface area (Å²) in [5.41, 5.74) is 2.10. The Morgan fingerprint density at radius 2 is 2.15 bits per heavy atom. The zero-order valence-electron chi connectivity index (χ0n) is 15.1. The molecule has 1 atom stereocenters. The number of rotatable bonds is 3. The minimum atomic E-state index is -0.155. The molecule has 0 unspecified atom stereocenters. The van der Waals surface area contributed by atoms with Gasteiger partial charge in [-0.1, -0.05) is 18.2 Å². The third kappa shape index (κ3) is 3.56. The number of aromatic nitrogens is 2. The summed E-state index contributed by atoms with van der Waals surface area (Å²) >= 11 is 0. The number of benzene rings is 2. The lowest BCUT2D eigenvalue weighted by Gasteiger charge is -2.15. The van der Waals surface area contributed by atoms with Crippen molar-refractivity contribution in [1.82, 2.24) is 14.9 Å². The number of fused-ring (bicyclic) bond motifs is 2. The molecule has 6 heteroatoms. The fourth-order valence-corrected chi connectivity index (χ4v) is 3.43. The summed E-state index contributed by atoms with van der Waals surface area (Å²) < 4.78 is 7.21.